The van der Waals surface area contributed by atoms with Crippen molar-refractivity contribution in [2.24, 2.45) is 5.73 Å². The van der Waals surface area contributed by atoms with Gasteiger partial charge in [-0.1, -0.05) is 12.1 Å². The van der Waals surface area contributed by atoms with Crippen molar-refractivity contribution in [3.8, 4) is 11.3 Å². The van der Waals surface area contributed by atoms with Gasteiger partial charge in [0.1, 0.15) is 5.01 Å². The maximum atomic E-state index is 5.57. The number of benzene rings is 1. The van der Waals surface area contributed by atoms with Crippen LogP contribution in [-0.2, 0) is 6.54 Å². The molecule has 0 aliphatic heterocycles. The van der Waals surface area contributed by atoms with Gasteiger partial charge in [0.05, 0.1) is 11.2 Å². The summed E-state index contributed by atoms with van der Waals surface area (Å²) in [5.74, 6) is 0. The average molecular weight is 241 g/mol. The van der Waals surface area contributed by atoms with Crippen molar-refractivity contribution in [2.75, 3.05) is 0 Å². The van der Waals surface area contributed by atoms with Crippen LogP contribution in [-0.4, -0.2) is 9.97 Å². The molecule has 0 bridgehead atoms. The Morgan fingerprint density at radius 3 is 3.00 bits per heavy atom. The summed E-state index contributed by atoms with van der Waals surface area (Å²) in [5.41, 5.74) is 8.67. The van der Waals surface area contributed by atoms with Crippen molar-refractivity contribution in [1.29, 1.82) is 0 Å². The van der Waals surface area contributed by atoms with E-state index in [2.05, 4.69) is 22.1 Å². The van der Waals surface area contributed by atoms with E-state index in [9.17, 15) is 0 Å². The van der Waals surface area contributed by atoms with Gasteiger partial charge in [-0.3, -0.25) is 4.98 Å². The fraction of sp³-hybridized carbons (Fsp3) is 0.0769. The molecule has 0 spiro atoms. The first-order chi connectivity index (χ1) is 8.36. The maximum Gasteiger partial charge on any atom is 0.107 e. The summed E-state index contributed by atoms with van der Waals surface area (Å²) in [6, 6.07) is 10.2. The molecule has 2 N–H and O–H groups in total. The number of rotatable bonds is 2. The number of pyridine rings is 1. The fourth-order valence-electron chi connectivity index (χ4n) is 1.77. The first-order valence-electron chi connectivity index (χ1n) is 5.36. The first-order valence-corrected chi connectivity index (χ1v) is 6.24. The summed E-state index contributed by atoms with van der Waals surface area (Å²) in [7, 11) is 0. The van der Waals surface area contributed by atoms with Crippen LogP contribution in [0.3, 0.4) is 0 Å². The molecule has 4 heteroatoms. The van der Waals surface area contributed by atoms with Crippen LogP contribution in [0.1, 0.15) is 5.01 Å². The van der Waals surface area contributed by atoms with Crippen molar-refractivity contribution >= 4 is 22.2 Å². The molecule has 0 saturated heterocycles. The van der Waals surface area contributed by atoms with Crippen LogP contribution in [0.25, 0.3) is 22.2 Å². The van der Waals surface area contributed by atoms with Crippen LogP contribution in [0.15, 0.2) is 41.9 Å². The second-order valence-electron chi connectivity index (χ2n) is 3.74. The van der Waals surface area contributed by atoms with Crippen LogP contribution >= 0.6 is 11.3 Å². The van der Waals surface area contributed by atoms with Crippen molar-refractivity contribution in [3.63, 3.8) is 0 Å². The van der Waals surface area contributed by atoms with Crippen molar-refractivity contribution in [2.45, 2.75) is 6.54 Å². The topological polar surface area (TPSA) is 51.8 Å². The molecule has 84 valence electrons. The lowest BCUT2D eigenvalue weighted by Gasteiger charge is -1.99. The van der Waals surface area contributed by atoms with Gasteiger partial charge in [0.25, 0.3) is 0 Å². The van der Waals surface area contributed by atoms with Gasteiger partial charge in [-0.2, -0.15) is 0 Å². The Morgan fingerprint density at radius 1 is 1.24 bits per heavy atom. The molecular formula is C13H11N3S. The first kappa shape index (κ1) is 10.4. The summed E-state index contributed by atoms with van der Waals surface area (Å²) in [6.07, 6.45) is 1.80. The highest BCUT2D eigenvalue weighted by molar-refractivity contribution is 7.09. The zero-order valence-corrected chi connectivity index (χ0v) is 9.95. The van der Waals surface area contributed by atoms with Gasteiger partial charge in [0.15, 0.2) is 0 Å². The number of hydrogen-bond acceptors (Lipinski definition) is 4. The number of nitrogens with two attached hydrogens (primary N) is 1. The molecule has 0 atom stereocenters. The number of nitrogens with zero attached hydrogens (tertiary/aromatic N) is 2. The van der Waals surface area contributed by atoms with E-state index in [1.807, 2.05) is 23.6 Å². The third-order valence-electron chi connectivity index (χ3n) is 2.63. The van der Waals surface area contributed by atoms with Crippen LogP contribution in [0, 0.1) is 0 Å². The molecule has 0 radical (unpaired) electrons. The van der Waals surface area contributed by atoms with Crippen LogP contribution in [0.5, 0.6) is 0 Å². The van der Waals surface area contributed by atoms with E-state index in [4.69, 9.17) is 5.73 Å². The van der Waals surface area contributed by atoms with Crippen molar-refractivity contribution in [3.05, 3.63) is 46.9 Å². The standard InChI is InChI=1S/C13H11N3S/c14-7-13-16-12(8-17-13)10-3-4-11-9(6-10)2-1-5-15-11/h1-6,8H,7,14H2. The maximum absolute atomic E-state index is 5.57. The minimum atomic E-state index is 0.500. The minimum absolute atomic E-state index is 0.500. The second kappa shape index (κ2) is 4.24. The highest BCUT2D eigenvalue weighted by Crippen LogP contribution is 2.24. The summed E-state index contributed by atoms with van der Waals surface area (Å²) in [4.78, 5) is 8.78. The highest BCUT2D eigenvalue weighted by Gasteiger charge is 2.04. The molecule has 0 aliphatic carbocycles. The summed E-state index contributed by atoms with van der Waals surface area (Å²) in [5, 5.41) is 4.14. The number of hydrogen-bond donors (Lipinski definition) is 1. The van der Waals surface area contributed by atoms with Crippen molar-refractivity contribution in [1.82, 2.24) is 9.97 Å². The third kappa shape index (κ3) is 1.92. The van der Waals surface area contributed by atoms with Crippen LogP contribution < -0.4 is 5.73 Å². The Kier molecular flexibility index (Phi) is 2.59. The summed E-state index contributed by atoms with van der Waals surface area (Å²) in [6.45, 7) is 0.500. The zero-order valence-electron chi connectivity index (χ0n) is 9.13. The molecule has 0 fully saturated rings. The fourth-order valence-corrected chi connectivity index (χ4v) is 2.46. The minimum Gasteiger partial charge on any atom is -0.325 e. The number of aromatic nitrogens is 2. The molecule has 17 heavy (non-hydrogen) atoms. The van der Waals surface area contributed by atoms with E-state index in [0.717, 1.165) is 27.2 Å². The normalized spacial score (nSPS) is 10.9. The van der Waals surface area contributed by atoms with E-state index < -0.39 is 0 Å². The van der Waals surface area contributed by atoms with Gasteiger partial charge in [0, 0.05) is 29.1 Å². The molecule has 0 saturated carbocycles. The van der Waals surface area contributed by atoms with Gasteiger partial charge in [-0.05, 0) is 18.2 Å². The van der Waals surface area contributed by atoms with E-state index in [1.54, 1.807) is 17.5 Å². The third-order valence-corrected chi connectivity index (χ3v) is 3.50. The molecule has 3 nitrogen and oxygen atoms in total. The summed E-state index contributed by atoms with van der Waals surface area (Å²) >= 11 is 1.60. The monoisotopic (exact) mass is 241 g/mol. The van der Waals surface area contributed by atoms with E-state index in [1.165, 1.54) is 0 Å². The smallest absolute Gasteiger partial charge is 0.107 e. The average Bonchev–Trinajstić information content (AvgIpc) is 2.87. The lowest BCUT2D eigenvalue weighted by Crippen LogP contribution is -1.94. The van der Waals surface area contributed by atoms with E-state index in [0.29, 0.717) is 6.54 Å². The molecular weight excluding hydrogens is 230 g/mol. The molecule has 2 heterocycles. The SMILES string of the molecule is NCc1nc(-c2ccc3ncccc3c2)cs1. The quantitative estimate of drug-likeness (QED) is 0.750. The molecule has 0 amide bonds. The van der Waals surface area contributed by atoms with Gasteiger partial charge >= 0.3 is 0 Å². The zero-order chi connectivity index (χ0) is 11.7. The molecule has 1 aromatic carbocycles. The Hall–Kier alpha value is -1.78. The van der Waals surface area contributed by atoms with Crippen LogP contribution in [0.2, 0.25) is 0 Å². The Labute approximate surface area is 103 Å². The van der Waals surface area contributed by atoms with Gasteiger partial charge in [0.2, 0.25) is 0 Å². The number of thiazole rings is 1. The lowest BCUT2D eigenvalue weighted by atomic mass is 10.1. The molecule has 0 unspecified atom stereocenters. The Morgan fingerprint density at radius 2 is 2.18 bits per heavy atom. The number of fused-ring (bicyclic) bond motifs is 1. The van der Waals surface area contributed by atoms with Gasteiger partial charge in [-0.25, -0.2) is 4.98 Å². The van der Waals surface area contributed by atoms with E-state index in [-0.39, 0.29) is 0 Å². The molecule has 2 aromatic heterocycles. The van der Waals surface area contributed by atoms with Gasteiger partial charge < -0.3 is 5.73 Å². The van der Waals surface area contributed by atoms with Crippen LogP contribution in [0.4, 0.5) is 0 Å². The Balaban J connectivity index is 2.11. The van der Waals surface area contributed by atoms with Crippen molar-refractivity contribution < 1.29 is 0 Å². The summed E-state index contributed by atoms with van der Waals surface area (Å²) < 4.78 is 0. The molecule has 3 aromatic rings. The lowest BCUT2D eigenvalue weighted by molar-refractivity contribution is 1.04. The predicted octanol–water partition coefficient (Wildman–Crippen LogP) is 2.82. The second-order valence-corrected chi connectivity index (χ2v) is 4.68. The highest BCUT2D eigenvalue weighted by atomic mass is 32.1. The van der Waals surface area contributed by atoms with Gasteiger partial charge in [-0.15, -0.1) is 11.3 Å². The Bertz CT molecular complexity index is 660. The molecule has 0 aliphatic rings. The predicted molar refractivity (Wildman–Crippen MR) is 70.7 cm³/mol. The van der Waals surface area contributed by atoms with E-state index >= 15 is 0 Å². The molecule has 3 rings (SSSR count). The largest absolute Gasteiger partial charge is 0.325 e.